The highest BCUT2D eigenvalue weighted by Gasteiger charge is 2.16. The quantitative estimate of drug-likeness (QED) is 0.767. The van der Waals surface area contributed by atoms with Crippen molar-refractivity contribution in [3.63, 3.8) is 0 Å². The van der Waals surface area contributed by atoms with Crippen molar-refractivity contribution in [3.05, 3.63) is 63.7 Å². The summed E-state index contributed by atoms with van der Waals surface area (Å²) >= 11 is 5.99. The molecule has 0 aliphatic carbocycles. The minimum atomic E-state index is -0.136. The average molecular weight is 402 g/mol. The number of aryl methyl sites for hydroxylation is 3. The third-order valence-electron chi connectivity index (χ3n) is 4.49. The van der Waals surface area contributed by atoms with Crippen LogP contribution in [0.5, 0.6) is 0 Å². The largest absolute Gasteiger partial charge is 0.340 e. The van der Waals surface area contributed by atoms with E-state index < -0.39 is 0 Å². The summed E-state index contributed by atoms with van der Waals surface area (Å²) in [6.07, 6.45) is 0. The highest BCUT2D eigenvalue weighted by molar-refractivity contribution is 6.30. The minimum absolute atomic E-state index is 0.0574. The number of rotatable bonds is 7. The molecule has 0 aromatic heterocycles. The Labute approximate surface area is 172 Å². The van der Waals surface area contributed by atoms with E-state index in [-0.39, 0.29) is 24.9 Å². The first kappa shape index (κ1) is 21.9. The Balaban J connectivity index is 1.88. The molecule has 2 amide bonds. The number of amides is 2. The van der Waals surface area contributed by atoms with Gasteiger partial charge in [-0.25, -0.2) is 0 Å². The van der Waals surface area contributed by atoms with Crippen LogP contribution in [0.25, 0.3) is 0 Å². The zero-order valence-corrected chi connectivity index (χ0v) is 17.9. The van der Waals surface area contributed by atoms with Gasteiger partial charge in [-0.2, -0.15) is 0 Å². The number of likely N-dealkylation sites (N-methyl/N-ethyl adjacent to an activating group) is 2. The van der Waals surface area contributed by atoms with Gasteiger partial charge in [0.05, 0.1) is 13.1 Å². The summed E-state index contributed by atoms with van der Waals surface area (Å²) in [6, 6.07) is 11.5. The van der Waals surface area contributed by atoms with Crippen LogP contribution in [0.1, 0.15) is 22.3 Å². The van der Waals surface area contributed by atoms with E-state index >= 15 is 0 Å². The summed E-state index contributed by atoms with van der Waals surface area (Å²) in [5.41, 5.74) is 5.04. The van der Waals surface area contributed by atoms with Gasteiger partial charge in [0.15, 0.2) is 0 Å². The number of nitrogens with zero attached hydrogens (tertiary/aromatic N) is 2. The minimum Gasteiger partial charge on any atom is -0.340 e. The molecule has 2 aromatic carbocycles. The molecule has 0 spiro atoms. The van der Waals surface area contributed by atoms with E-state index in [9.17, 15) is 9.59 Å². The van der Waals surface area contributed by atoms with E-state index in [0.29, 0.717) is 11.6 Å². The lowest BCUT2D eigenvalue weighted by Gasteiger charge is -2.22. The van der Waals surface area contributed by atoms with Crippen LogP contribution in [-0.2, 0) is 16.1 Å². The molecule has 2 aromatic rings. The third-order valence-corrected chi connectivity index (χ3v) is 4.73. The highest BCUT2D eigenvalue weighted by atomic mass is 35.5. The molecule has 6 heteroatoms. The van der Waals surface area contributed by atoms with Gasteiger partial charge in [0.25, 0.3) is 0 Å². The normalized spacial score (nSPS) is 10.8. The first-order chi connectivity index (χ1) is 13.2. The summed E-state index contributed by atoms with van der Waals surface area (Å²) in [5, 5.41) is 3.61. The van der Waals surface area contributed by atoms with E-state index in [4.69, 9.17) is 11.6 Å². The van der Waals surface area contributed by atoms with Crippen molar-refractivity contribution >= 4 is 29.1 Å². The highest BCUT2D eigenvalue weighted by Crippen LogP contribution is 2.21. The van der Waals surface area contributed by atoms with Crippen molar-refractivity contribution in [2.75, 3.05) is 32.5 Å². The fourth-order valence-corrected chi connectivity index (χ4v) is 3.42. The Hall–Kier alpha value is -2.37. The van der Waals surface area contributed by atoms with Crippen molar-refractivity contribution in [2.45, 2.75) is 27.3 Å². The Morgan fingerprint density at radius 2 is 1.64 bits per heavy atom. The molecule has 5 nitrogen and oxygen atoms in total. The predicted octanol–water partition coefficient (Wildman–Crippen LogP) is 3.79. The number of hydrogen-bond donors (Lipinski definition) is 1. The molecule has 0 saturated carbocycles. The molecule has 0 saturated heterocycles. The molecule has 0 aliphatic rings. The van der Waals surface area contributed by atoms with Crippen LogP contribution < -0.4 is 5.32 Å². The van der Waals surface area contributed by atoms with Crippen molar-refractivity contribution in [3.8, 4) is 0 Å². The summed E-state index contributed by atoms with van der Waals surface area (Å²) in [7, 11) is 3.51. The van der Waals surface area contributed by atoms with Crippen LogP contribution in [0, 0.1) is 20.8 Å². The Morgan fingerprint density at radius 3 is 2.25 bits per heavy atom. The maximum Gasteiger partial charge on any atom is 0.238 e. The monoisotopic (exact) mass is 401 g/mol. The van der Waals surface area contributed by atoms with E-state index in [2.05, 4.69) is 5.32 Å². The first-order valence-electron chi connectivity index (χ1n) is 9.20. The number of carbonyl (C=O) groups excluding carboxylic acids is 2. The van der Waals surface area contributed by atoms with Crippen LogP contribution in [0.4, 0.5) is 5.69 Å². The van der Waals surface area contributed by atoms with Gasteiger partial charge in [-0.15, -0.1) is 0 Å². The van der Waals surface area contributed by atoms with Gasteiger partial charge in [0.1, 0.15) is 0 Å². The smallest absolute Gasteiger partial charge is 0.238 e. The molecule has 0 heterocycles. The lowest BCUT2D eigenvalue weighted by Crippen LogP contribution is -2.39. The summed E-state index contributed by atoms with van der Waals surface area (Å²) in [4.78, 5) is 28.2. The van der Waals surface area contributed by atoms with Gasteiger partial charge in [-0.1, -0.05) is 41.4 Å². The van der Waals surface area contributed by atoms with Crippen LogP contribution in [0.3, 0.4) is 0 Å². The SMILES string of the molecule is Cc1cc(C)c(NC(=O)CN(C)CC(=O)N(C)Cc2cccc(Cl)c2)c(C)c1. The topological polar surface area (TPSA) is 52.7 Å². The van der Waals surface area contributed by atoms with E-state index in [1.165, 1.54) is 5.56 Å². The van der Waals surface area contributed by atoms with Gasteiger partial charge >= 0.3 is 0 Å². The molecule has 28 heavy (non-hydrogen) atoms. The maximum absolute atomic E-state index is 12.4. The molecule has 0 unspecified atom stereocenters. The first-order valence-corrected chi connectivity index (χ1v) is 9.58. The maximum atomic E-state index is 12.4. The molecule has 0 aliphatic heterocycles. The Kier molecular flexibility index (Phi) is 7.61. The second kappa shape index (κ2) is 9.71. The fourth-order valence-electron chi connectivity index (χ4n) is 3.21. The number of carbonyl (C=O) groups is 2. The molecular weight excluding hydrogens is 374 g/mol. The second-order valence-corrected chi connectivity index (χ2v) is 7.81. The molecular formula is C22H28ClN3O2. The molecule has 0 atom stereocenters. The lowest BCUT2D eigenvalue weighted by molar-refractivity contribution is -0.131. The van der Waals surface area contributed by atoms with Gasteiger partial charge in [-0.05, 0) is 56.6 Å². The zero-order valence-electron chi connectivity index (χ0n) is 17.2. The van der Waals surface area contributed by atoms with Crippen molar-refractivity contribution in [1.29, 1.82) is 0 Å². The van der Waals surface area contributed by atoms with Gasteiger partial charge in [-0.3, -0.25) is 14.5 Å². The third kappa shape index (κ3) is 6.36. The molecule has 2 rings (SSSR count). The van der Waals surface area contributed by atoms with Crippen LogP contribution in [0.15, 0.2) is 36.4 Å². The van der Waals surface area contributed by atoms with Crippen LogP contribution in [-0.4, -0.2) is 48.8 Å². The number of benzene rings is 2. The van der Waals surface area contributed by atoms with E-state index in [1.807, 2.05) is 51.1 Å². The fraction of sp³-hybridized carbons (Fsp3) is 0.364. The van der Waals surface area contributed by atoms with Crippen LogP contribution >= 0.6 is 11.6 Å². The molecule has 1 N–H and O–H groups in total. The Morgan fingerprint density at radius 1 is 1.00 bits per heavy atom. The standard InChI is InChI=1S/C22H28ClN3O2/c1-15-9-16(2)22(17(3)10-15)24-20(27)13-25(4)14-21(28)26(5)12-18-7-6-8-19(23)11-18/h6-11H,12-14H2,1-5H3,(H,24,27). The summed E-state index contributed by atoms with van der Waals surface area (Å²) in [6.45, 7) is 6.77. The zero-order chi connectivity index (χ0) is 20.8. The van der Waals surface area contributed by atoms with Gasteiger partial charge in [0.2, 0.25) is 11.8 Å². The summed E-state index contributed by atoms with van der Waals surface area (Å²) < 4.78 is 0. The molecule has 0 bridgehead atoms. The molecule has 0 radical (unpaired) electrons. The van der Waals surface area contributed by atoms with Crippen molar-refractivity contribution < 1.29 is 9.59 Å². The Bertz CT molecular complexity index is 844. The van der Waals surface area contributed by atoms with Crippen molar-refractivity contribution in [1.82, 2.24) is 9.80 Å². The number of hydrogen-bond acceptors (Lipinski definition) is 3. The molecule has 0 fully saturated rings. The van der Waals surface area contributed by atoms with Crippen molar-refractivity contribution in [2.24, 2.45) is 0 Å². The van der Waals surface area contributed by atoms with E-state index in [0.717, 1.165) is 22.4 Å². The van der Waals surface area contributed by atoms with Gasteiger partial charge < -0.3 is 10.2 Å². The average Bonchev–Trinajstić information content (AvgIpc) is 2.57. The van der Waals surface area contributed by atoms with Gasteiger partial charge in [0, 0.05) is 24.3 Å². The number of anilines is 1. The second-order valence-electron chi connectivity index (χ2n) is 7.37. The number of nitrogens with one attached hydrogen (secondary N) is 1. The van der Waals surface area contributed by atoms with Crippen LogP contribution in [0.2, 0.25) is 5.02 Å². The lowest BCUT2D eigenvalue weighted by atomic mass is 10.1. The van der Waals surface area contributed by atoms with E-state index in [1.54, 1.807) is 30.0 Å². The molecule has 150 valence electrons. The predicted molar refractivity (Wildman–Crippen MR) is 115 cm³/mol. The number of halogens is 1. The summed E-state index contributed by atoms with van der Waals surface area (Å²) in [5.74, 6) is -0.194.